The molecule has 1 unspecified atom stereocenters. The second-order valence-corrected chi connectivity index (χ2v) is 3.63. The van der Waals surface area contributed by atoms with Gasteiger partial charge in [-0.05, 0) is 25.7 Å². The van der Waals surface area contributed by atoms with E-state index >= 15 is 0 Å². The topological polar surface area (TPSA) is 46.5 Å². The van der Waals surface area contributed by atoms with Gasteiger partial charge < -0.3 is 9.84 Å². The molecule has 0 amide bonds. The number of hydrogen-bond acceptors (Lipinski definition) is 3. The first-order valence-electron chi connectivity index (χ1n) is 5.48. The molecule has 0 heterocycles. The number of aliphatic hydroxyl groups is 1. The van der Waals surface area contributed by atoms with Crippen molar-refractivity contribution in [2.75, 3.05) is 6.61 Å². The van der Waals surface area contributed by atoms with Crippen LogP contribution < -0.4 is 0 Å². The maximum atomic E-state index is 10.4. The molecule has 0 bridgehead atoms. The molecule has 84 valence electrons. The number of carbonyl (C=O) groups excluding carboxylic acids is 1. The zero-order valence-electron chi connectivity index (χ0n) is 9.29. The normalized spacial score (nSPS) is 12.5. The summed E-state index contributed by atoms with van der Waals surface area (Å²) in [6.45, 7) is 4.01. The summed E-state index contributed by atoms with van der Waals surface area (Å²) < 4.78 is 4.78. The molecular formula is C11H22O3. The summed E-state index contributed by atoms with van der Waals surface area (Å²) in [5.74, 6) is -0.225. The fourth-order valence-electron chi connectivity index (χ4n) is 1.28. The third kappa shape index (κ3) is 9.52. The van der Waals surface area contributed by atoms with Gasteiger partial charge in [0, 0.05) is 6.92 Å². The van der Waals surface area contributed by atoms with Crippen molar-refractivity contribution in [3.05, 3.63) is 0 Å². The number of hydrogen-bond donors (Lipinski definition) is 1. The number of esters is 1. The Morgan fingerprint density at radius 1 is 1.29 bits per heavy atom. The van der Waals surface area contributed by atoms with Crippen LogP contribution >= 0.6 is 0 Å². The SMILES string of the molecule is CCCCC(O)CCCCOC(C)=O. The van der Waals surface area contributed by atoms with E-state index in [-0.39, 0.29) is 12.1 Å². The lowest BCUT2D eigenvalue weighted by atomic mass is 10.1. The molecule has 3 nitrogen and oxygen atoms in total. The van der Waals surface area contributed by atoms with E-state index in [2.05, 4.69) is 6.92 Å². The van der Waals surface area contributed by atoms with Gasteiger partial charge in [0.1, 0.15) is 0 Å². The van der Waals surface area contributed by atoms with E-state index in [1.54, 1.807) is 0 Å². The molecule has 0 aromatic heterocycles. The Bertz CT molecular complexity index is 145. The Hall–Kier alpha value is -0.570. The summed E-state index contributed by atoms with van der Waals surface area (Å²) in [5.41, 5.74) is 0. The molecule has 0 rings (SSSR count). The molecular weight excluding hydrogens is 180 g/mol. The lowest BCUT2D eigenvalue weighted by molar-refractivity contribution is -0.141. The smallest absolute Gasteiger partial charge is 0.302 e. The van der Waals surface area contributed by atoms with E-state index in [0.717, 1.165) is 38.5 Å². The lowest BCUT2D eigenvalue weighted by Gasteiger charge is -2.09. The second kappa shape index (κ2) is 9.00. The maximum absolute atomic E-state index is 10.4. The predicted molar refractivity (Wildman–Crippen MR) is 56.0 cm³/mol. The van der Waals surface area contributed by atoms with Crippen LogP contribution in [0.3, 0.4) is 0 Å². The van der Waals surface area contributed by atoms with Crippen molar-refractivity contribution in [2.24, 2.45) is 0 Å². The van der Waals surface area contributed by atoms with Crippen molar-refractivity contribution in [1.82, 2.24) is 0 Å². The fourth-order valence-corrected chi connectivity index (χ4v) is 1.28. The lowest BCUT2D eigenvalue weighted by Crippen LogP contribution is -2.07. The van der Waals surface area contributed by atoms with Crippen LogP contribution in [0.15, 0.2) is 0 Å². The van der Waals surface area contributed by atoms with Gasteiger partial charge in [0.15, 0.2) is 0 Å². The minimum absolute atomic E-state index is 0.174. The van der Waals surface area contributed by atoms with Gasteiger partial charge in [-0.2, -0.15) is 0 Å². The minimum Gasteiger partial charge on any atom is -0.466 e. The van der Waals surface area contributed by atoms with Gasteiger partial charge >= 0.3 is 5.97 Å². The molecule has 0 aliphatic carbocycles. The van der Waals surface area contributed by atoms with Gasteiger partial charge in [0.2, 0.25) is 0 Å². The molecule has 0 aliphatic heterocycles. The Morgan fingerprint density at radius 3 is 2.50 bits per heavy atom. The molecule has 0 radical (unpaired) electrons. The molecule has 1 N–H and O–H groups in total. The van der Waals surface area contributed by atoms with E-state index in [1.165, 1.54) is 6.92 Å². The minimum atomic E-state index is -0.225. The first-order valence-corrected chi connectivity index (χ1v) is 5.48. The molecule has 14 heavy (non-hydrogen) atoms. The van der Waals surface area contributed by atoms with Crippen molar-refractivity contribution < 1.29 is 14.6 Å². The van der Waals surface area contributed by atoms with E-state index in [4.69, 9.17) is 4.74 Å². The van der Waals surface area contributed by atoms with Crippen molar-refractivity contribution in [3.63, 3.8) is 0 Å². The van der Waals surface area contributed by atoms with Crippen LogP contribution in [0.2, 0.25) is 0 Å². The number of ether oxygens (including phenoxy) is 1. The number of aliphatic hydroxyl groups excluding tert-OH is 1. The largest absolute Gasteiger partial charge is 0.466 e. The average molecular weight is 202 g/mol. The van der Waals surface area contributed by atoms with Crippen molar-refractivity contribution >= 4 is 5.97 Å². The zero-order chi connectivity index (χ0) is 10.8. The van der Waals surface area contributed by atoms with E-state index in [9.17, 15) is 9.90 Å². The van der Waals surface area contributed by atoms with Crippen molar-refractivity contribution in [2.45, 2.75) is 58.5 Å². The van der Waals surface area contributed by atoms with Gasteiger partial charge in [0.25, 0.3) is 0 Å². The summed E-state index contributed by atoms with van der Waals surface area (Å²) in [4.78, 5) is 10.4. The molecule has 0 fully saturated rings. The predicted octanol–water partition coefficient (Wildman–Crippen LogP) is 2.27. The summed E-state index contributed by atoms with van der Waals surface area (Å²) in [7, 11) is 0. The van der Waals surface area contributed by atoms with Crippen LogP contribution in [0.25, 0.3) is 0 Å². The molecule has 3 heteroatoms. The summed E-state index contributed by atoms with van der Waals surface area (Å²) in [6, 6.07) is 0. The van der Waals surface area contributed by atoms with Crippen LogP contribution in [0.5, 0.6) is 0 Å². The highest BCUT2D eigenvalue weighted by atomic mass is 16.5. The molecule has 1 atom stereocenters. The molecule has 0 aromatic rings. The molecule has 0 aliphatic rings. The Balaban J connectivity index is 3.14. The Kier molecular flexibility index (Phi) is 8.64. The molecule has 0 saturated heterocycles. The highest BCUT2D eigenvalue weighted by molar-refractivity contribution is 5.65. The number of carbonyl (C=O) groups is 1. The Labute approximate surface area is 86.5 Å². The summed E-state index contributed by atoms with van der Waals surface area (Å²) in [6.07, 6.45) is 5.54. The van der Waals surface area contributed by atoms with Crippen molar-refractivity contribution in [1.29, 1.82) is 0 Å². The third-order valence-electron chi connectivity index (χ3n) is 2.13. The van der Waals surface area contributed by atoms with E-state index < -0.39 is 0 Å². The van der Waals surface area contributed by atoms with Crippen LogP contribution in [-0.4, -0.2) is 23.8 Å². The molecule has 0 spiro atoms. The fraction of sp³-hybridized carbons (Fsp3) is 0.909. The summed E-state index contributed by atoms with van der Waals surface area (Å²) >= 11 is 0. The van der Waals surface area contributed by atoms with Crippen LogP contribution in [0, 0.1) is 0 Å². The standard InChI is InChI=1S/C11H22O3/c1-3-4-7-11(13)8-5-6-9-14-10(2)12/h11,13H,3-9H2,1-2H3. The van der Waals surface area contributed by atoms with Crippen LogP contribution in [-0.2, 0) is 9.53 Å². The van der Waals surface area contributed by atoms with E-state index in [0.29, 0.717) is 6.61 Å². The third-order valence-corrected chi connectivity index (χ3v) is 2.13. The number of unbranched alkanes of at least 4 members (excludes halogenated alkanes) is 2. The van der Waals surface area contributed by atoms with E-state index in [1.807, 2.05) is 0 Å². The van der Waals surface area contributed by atoms with Gasteiger partial charge in [-0.25, -0.2) is 0 Å². The maximum Gasteiger partial charge on any atom is 0.302 e. The zero-order valence-corrected chi connectivity index (χ0v) is 9.29. The van der Waals surface area contributed by atoms with Gasteiger partial charge in [-0.1, -0.05) is 19.8 Å². The van der Waals surface area contributed by atoms with Gasteiger partial charge in [0.05, 0.1) is 12.7 Å². The highest BCUT2D eigenvalue weighted by Crippen LogP contribution is 2.08. The second-order valence-electron chi connectivity index (χ2n) is 3.63. The van der Waals surface area contributed by atoms with Gasteiger partial charge in [-0.3, -0.25) is 4.79 Å². The first-order chi connectivity index (χ1) is 6.66. The highest BCUT2D eigenvalue weighted by Gasteiger charge is 2.02. The first kappa shape index (κ1) is 13.4. The summed E-state index contributed by atoms with van der Waals surface area (Å²) in [5, 5.41) is 9.48. The van der Waals surface area contributed by atoms with Crippen LogP contribution in [0.1, 0.15) is 52.4 Å². The monoisotopic (exact) mass is 202 g/mol. The van der Waals surface area contributed by atoms with Gasteiger partial charge in [-0.15, -0.1) is 0 Å². The molecule has 0 saturated carbocycles. The van der Waals surface area contributed by atoms with Crippen LogP contribution in [0.4, 0.5) is 0 Å². The average Bonchev–Trinajstić information content (AvgIpc) is 2.13. The quantitative estimate of drug-likeness (QED) is 0.485. The van der Waals surface area contributed by atoms with Crippen molar-refractivity contribution in [3.8, 4) is 0 Å². The number of rotatable bonds is 8. The Morgan fingerprint density at radius 2 is 1.93 bits per heavy atom. The molecule has 0 aromatic carbocycles.